The molecule has 0 aromatic heterocycles. The molecule has 0 saturated carbocycles. The molecular weight excluding hydrogens is 430 g/mol. The lowest BCUT2D eigenvalue weighted by molar-refractivity contribution is 0.0599. The quantitative estimate of drug-likeness (QED) is 0.483. The highest BCUT2D eigenvalue weighted by molar-refractivity contribution is 6.41. The summed E-state index contributed by atoms with van der Waals surface area (Å²) < 4.78 is 27.2. The minimum absolute atomic E-state index is 0.0598. The van der Waals surface area contributed by atoms with Gasteiger partial charge >= 0.3 is 5.97 Å². The molecule has 0 saturated heterocycles. The van der Waals surface area contributed by atoms with Crippen molar-refractivity contribution in [1.82, 2.24) is 0 Å². The smallest absolute Gasteiger partial charge is 0.338 e. The van der Waals surface area contributed by atoms with Gasteiger partial charge in [0.1, 0.15) is 12.8 Å². The minimum atomic E-state index is -0.610. The molecule has 1 aliphatic carbocycles. The van der Waals surface area contributed by atoms with Crippen LogP contribution in [-0.2, 0) is 9.57 Å². The normalized spacial score (nSPS) is 15.3. The van der Waals surface area contributed by atoms with Crippen LogP contribution >= 0.6 is 0 Å². The molecule has 0 atom stereocenters. The van der Waals surface area contributed by atoms with E-state index in [1.54, 1.807) is 18.2 Å². The zero-order chi connectivity index (χ0) is 23.7. The molecule has 0 amide bonds. The molecule has 9 heteroatoms. The van der Waals surface area contributed by atoms with E-state index in [0.29, 0.717) is 51.0 Å². The summed E-state index contributed by atoms with van der Waals surface area (Å²) in [6.45, 7) is 3.80. The topological polar surface area (TPSA) is 102 Å². The Hall–Kier alpha value is -4.01. The Morgan fingerprint density at radius 3 is 2.27 bits per heavy atom. The van der Waals surface area contributed by atoms with Crippen molar-refractivity contribution in [2.75, 3.05) is 28.1 Å². The number of allylic oxidation sites excluding steroid dienone is 2. The lowest BCUT2D eigenvalue weighted by Crippen LogP contribution is -2.20. The zero-order valence-corrected chi connectivity index (χ0v) is 18.9. The Bertz CT molecular complexity index is 1200. The maximum atomic E-state index is 13.1. The number of hydrogen-bond donors (Lipinski definition) is 0. The van der Waals surface area contributed by atoms with E-state index in [9.17, 15) is 9.59 Å². The summed E-state index contributed by atoms with van der Waals surface area (Å²) in [5.41, 5.74) is 2.14. The molecule has 172 valence electrons. The molecule has 0 bridgehead atoms. The van der Waals surface area contributed by atoms with Crippen molar-refractivity contribution in [1.29, 1.82) is 0 Å². The van der Waals surface area contributed by atoms with Crippen LogP contribution in [0.25, 0.3) is 5.57 Å². The van der Waals surface area contributed by atoms with Gasteiger partial charge in [0.05, 0.1) is 25.9 Å². The van der Waals surface area contributed by atoms with Gasteiger partial charge < -0.3 is 28.5 Å². The molecule has 2 aromatic rings. The van der Waals surface area contributed by atoms with Crippen molar-refractivity contribution in [3.05, 3.63) is 52.6 Å². The van der Waals surface area contributed by atoms with Crippen LogP contribution in [0.3, 0.4) is 0 Å². The van der Waals surface area contributed by atoms with Crippen LogP contribution < -0.4 is 18.9 Å². The third-order valence-corrected chi connectivity index (χ3v) is 5.11. The maximum absolute atomic E-state index is 13.1. The SMILES string of the molecule is CO/N=C1\C(c2cc(OC(C)C)c(OC)cc2C(=O)OC)=CC(=O)c2cc3c(cc21)OCO3. The van der Waals surface area contributed by atoms with Crippen LogP contribution in [-0.4, -0.2) is 51.7 Å². The number of carbonyl (C=O) groups excluding carboxylic acids is 2. The van der Waals surface area contributed by atoms with Crippen LogP contribution in [0.5, 0.6) is 23.0 Å². The fraction of sp³-hybridized carbons (Fsp3) is 0.292. The minimum Gasteiger partial charge on any atom is -0.493 e. The molecule has 2 aliphatic rings. The van der Waals surface area contributed by atoms with Crippen molar-refractivity contribution in [2.24, 2.45) is 5.16 Å². The van der Waals surface area contributed by atoms with E-state index in [1.807, 2.05) is 13.8 Å². The summed E-state index contributed by atoms with van der Waals surface area (Å²) in [6.07, 6.45) is 1.24. The Balaban J connectivity index is 1.96. The number of ketones is 1. The van der Waals surface area contributed by atoms with Gasteiger partial charge in [0, 0.05) is 22.3 Å². The number of benzene rings is 2. The molecular formula is C24H23NO8. The Labute approximate surface area is 190 Å². The first-order valence-corrected chi connectivity index (χ1v) is 10.2. The van der Waals surface area contributed by atoms with Crippen molar-refractivity contribution in [2.45, 2.75) is 20.0 Å². The number of ether oxygens (including phenoxy) is 5. The number of carbonyl (C=O) groups is 2. The molecule has 1 aliphatic heterocycles. The van der Waals surface area contributed by atoms with E-state index in [-0.39, 0.29) is 24.2 Å². The predicted molar refractivity (Wildman–Crippen MR) is 119 cm³/mol. The fourth-order valence-electron chi connectivity index (χ4n) is 3.73. The summed E-state index contributed by atoms with van der Waals surface area (Å²) in [4.78, 5) is 30.9. The number of fused-ring (bicyclic) bond motifs is 2. The third-order valence-electron chi connectivity index (χ3n) is 5.11. The molecule has 1 heterocycles. The molecule has 0 fully saturated rings. The van der Waals surface area contributed by atoms with Crippen LogP contribution in [0.2, 0.25) is 0 Å². The Morgan fingerprint density at radius 1 is 0.970 bits per heavy atom. The number of oxime groups is 1. The first kappa shape index (κ1) is 22.2. The summed E-state index contributed by atoms with van der Waals surface area (Å²) in [5, 5.41) is 4.18. The average Bonchev–Trinajstić information content (AvgIpc) is 3.26. The first-order valence-electron chi connectivity index (χ1n) is 10.2. The fourth-order valence-corrected chi connectivity index (χ4v) is 3.73. The van der Waals surface area contributed by atoms with Crippen molar-refractivity contribution < 1.29 is 38.1 Å². The average molecular weight is 453 g/mol. The van der Waals surface area contributed by atoms with Gasteiger partial charge in [0.15, 0.2) is 28.8 Å². The molecule has 0 spiro atoms. The van der Waals surface area contributed by atoms with Crippen LogP contribution in [0.1, 0.15) is 45.7 Å². The Morgan fingerprint density at radius 2 is 1.67 bits per heavy atom. The van der Waals surface area contributed by atoms with Gasteiger partial charge in [-0.05, 0) is 44.2 Å². The largest absolute Gasteiger partial charge is 0.493 e. The van der Waals surface area contributed by atoms with Crippen molar-refractivity contribution >= 4 is 23.0 Å². The number of rotatable bonds is 6. The predicted octanol–water partition coefficient (Wildman–Crippen LogP) is 3.63. The van der Waals surface area contributed by atoms with E-state index in [1.165, 1.54) is 33.5 Å². The first-order chi connectivity index (χ1) is 15.9. The van der Waals surface area contributed by atoms with Gasteiger partial charge in [0.25, 0.3) is 0 Å². The molecule has 0 unspecified atom stereocenters. The molecule has 9 nitrogen and oxygen atoms in total. The standard InChI is InChI=1S/C24H23NO8/c1-12(2)33-22-7-13(17(24(27)29-4)10-19(22)28-3)15-6-18(26)14-8-20-21(32-11-31-20)9-16(14)23(15)25-30-5/h6-10,12H,11H2,1-5H3/b25-23+. The molecule has 33 heavy (non-hydrogen) atoms. The molecule has 0 N–H and O–H groups in total. The molecule has 2 aromatic carbocycles. The number of hydrogen-bond acceptors (Lipinski definition) is 9. The van der Waals surface area contributed by atoms with Gasteiger partial charge in [-0.3, -0.25) is 4.79 Å². The second-order valence-electron chi connectivity index (χ2n) is 7.50. The third kappa shape index (κ3) is 3.97. The van der Waals surface area contributed by atoms with Crippen LogP contribution in [0, 0.1) is 0 Å². The second kappa shape index (κ2) is 8.85. The second-order valence-corrected chi connectivity index (χ2v) is 7.50. The maximum Gasteiger partial charge on any atom is 0.338 e. The lowest BCUT2D eigenvalue weighted by Gasteiger charge is -2.22. The number of methoxy groups -OCH3 is 2. The highest BCUT2D eigenvalue weighted by atomic mass is 16.7. The van der Waals surface area contributed by atoms with Gasteiger partial charge in [-0.2, -0.15) is 0 Å². The van der Waals surface area contributed by atoms with E-state index < -0.39 is 5.97 Å². The van der Waals surface area contributed by atoms with Gasteiger partial charge in [-0.15, -0.1) is 0 Å². The van der Waals surface area contributed by atoms with Crippen molar-refractivity contribution in [3.8, 4) is 23.0 Å². The summed E-state index contributed by atoms with van der Waals surface area (Å²) in [7, 11) is 4.15. The van der Waals surface area contributed by atoms with Crippen LogP contribution in [0.15, 0.2) is 35.5 Å². The van der Waals surface area contributed by atoms with Gasteiger partial charge in [-0.1, -0.05) is 5.16 Å². The molecule has 0 radical (unpaired) electrons. The van der Waals surface area contributed by atoms with E-state index >= 15 is 0 Å². The number of esters is 1. The number of nitrogens with zero attached hydrogens (tertiary/aromatic N) is 1. The summed E-state index contributed by atoms with van der Waals surface area (Å²) >= 11 is 0. The summed E-state index contributed by atoms with van der Waals surface area (Å²) in [5.74, 6) is 0.815. The Kier molecular flexibility index (Phi) is 5.95. The van der Waals surface area contributed by atoms with Gasteiger partial charge in [-0.25, -0.2) is 4.79 Å². The van der Waals surface area contributed by atoms with E-state index in [4.69, 9.17) is 28.5 Å². The van der Waals surface area contributed by atoms with Crippen molar-refractivity contribution in [3.63, 3.8) is 0 Å². The van der Waals surface area contributed by atoms with E-state index in [2.05, 4.69) is 5.16 Å². The lowest BCUT2D eigenvalue weighted by atomic mass is 9.83. The highest BCUT2D eigenvalue weighted by Crippen LogP contribution is 2.41. The monoisotopic (exact) mass is 453 g/mol. The van der Waals surface area contributed by atoms with E-state index in [0.717, 1.165) is 0 Å². The zero-order valence-electron chi connectivity index (χ0n) is 18.9. The van der Waals surface area contributed by atoms with Gasteiger partial charge in [0.2, 0.25) is 6.79 Å². The van der Waals surface area contributed by atoms with Crippen LogP contribution in [0.4, 0.5) is 0 Å². The highest BCUT2D eigenvalue weighted by Gasteiger charge is 2.32. The summed E-state index contributed by atoms with van der Waals surface area (Å²) in [6, 6.07) is 6.44. The molecule has 4 rings (SSSR count).